The molecule has 2 amide bonds. The number of nitrogens with one attached hydrogen (secondary N) is 2. The van der Waals surface area contributed by atoms with E-state index in [1.165, 1.54) is 4.68 Å². The van der Waals surface area contributed by atoms with Crippen molar-refractivity contribution >= 4 is 29.2 Å². The predicted octanol–water partition coefficient (Wildman–Crippen LogP) is 3.27. The second kappa shape index (κ2) is 9.86. The molecular weight excluding hydrogens is 410 g/mol. The molecule has 1 aromatic heterocycles. The number of hydrogen-bond donors (Lipinski definition) is 2. The molecule has 1 heterocycles. The highest BCUT2D eigenvalue weighted by Crippen LogP contribution is 2.20. The number of carbonyl (C=O) groups excluding carboxylic acids is 3. The van der Waals surface area contributed by atoms with Gasteiger partial charge in [0, 0.05) is 11.4 Å². The third-order valence-corrected chi connectivity index (χ3v) is 4.89. The molecule has 166 valence electrons. The highest BCUT2D eigenvalue weighted by atomic mass is 16.5. The minimum absolute atomic E-state index is 0.116. The molecule has 0 bridgehead atoms. The summed E-state index contributed by atoms with van der Waals surface area (Å²) in [6.07, 6.45) is 0. The summed E-state index contributed by atoms with van der Waals surface area (Å²) in [5.41, 5.74) is 4.16. The summed E-state index contributed by atoms with van der Waals surface area (Å²) in [6, 6.07) is 12.1. The van der Waals surface area contributed by atoms with Crippen LogP contribution in [0.2, 0.25) is 0 Å². The van der Waals surface area contributed by atoms with Crippen LogP contribution in [0, 0.1) is 20.8 Å². The maximum Gasteiger partial charge on any atom is 0.338 e. The summed E-state index contributed by atoms with van der Waals surface area (Å²) >= 11 is 0. The molecule has 0 unspecified atom stereocenters. The molecule has 0 radical (unpaired) electrons. The number of esters is 1. The lowest BCUT2D eigenvalue weighted by molar-refractivity contribution is -0.117. The van der Waals surface area contributed by atoms with Crippen LogP contribution in [0.5, 0.6) is 0 Å². The van der Waals surface area contributed by atoms with Crippen molar-refractivity contribution in [2.75, 3.05) is 17.2 Å². The molecule has 0 aliphatic carbocycles. The van der Waals surface area contributed by atoms with Crippen LogP contribution in [0.25, 0.3) is 0 Å². The van der Waals surface area contributed by atoms with Crippen LogP contribution in [-0.4, -0.2) is 39.4 Å². The molecule has 32 heavy (non-hydrogen) atoms. The maximum absolute atomic E-state index is 12.7. The van der Waals surface area contributed by atoms with E-state index in [2.05, 4.69) is 20.9 Å². The van der Waals surface area contributed by atoms with Crippen molar-refractivity contribution in [3.05, 3.63) is 70.5 Å². The number of ether oxygens (including phenoxy) is 1. The minimum Gasteiger partial charge on any atom is -0.462 e. The Labute approximate surface area is 185 Å². The Morgan fingerprint density at radius 2 is 1.62 bits per heavy atom. The van der Waals surface area contributed by atoms with Gasteiger partial charge in [-0.3, -0.25) is 9.59 Å². The summed E-state index contributed by atoms with van der Waals surface area (Å²) in [7, 11) is 0. The van der Waals surface area contributed by atoms with Crippen molar-refractivity contribution in [3.8, 4) is 0 Å². The van der Waals surface area contributed by atoms with Gasteiger partial charge in [-0.2, -0.15) is 0 Å². The van der Waals surface area contributed by atoms with E-state index in [-0.39, 0.29) is 24.1 Å². The molecule has 0 saturated heterocycles. The first kappa shape index (κ1) is 22.7. The van der Waals surface area contributed by atoms with E-state index in [0.717, 1.165) is 16.8 Å². The van der Waals surface area contributed by atoms with Crippen LogP contribution in [0.3, 0.4) is 0 Å². The Morgan fingerprint density at radius 3 is 2.25 bits per heavy atom. The van der Waals surface area contributed by atoms with Crippen molar-refractivity contribution in [2.45, 2.75) is 34.2 Å². The number of aromatic nitrogens is 3. The monoisotopic (exact) mass is 435 g/mol. The van der Waals surface area contributed by atoms with Crippen molar-refractivity contribution in [3.63, 3.8) is 0 Å². The molecule has 3 aromatic rings. The number of amides is 2. The Hall–Kier alpha value is -4.01. The number of carbonyl (C=O) groups is 3. The molecule has 3 rings (SSSR count). The number of para-hydroxylation sites is 1. The average molecular weight is 435 g/mol. The van der Waals surface area contributed by atoms with Crippen LogP contribution in [-0.2, 0) is 16.1 Å². The highest BCUT2D eigenvalue weighted by Gasteiger charge is 2.19. The van der Waals surface area contributed by atoms with E-state index in [1.807, 2.05) is 32.0 Å². The van der Waals surface area contributed by atoms with Crippen molar-refractivity contribution in [1.82, 2.24) is 15.0 Å². The number of benzene rings is 2. The van der Waals surface area contributed by atoms with Gasteiger partial charge in [0.1, 0.15) is 6.54 Å². The number of rotatable bonds is 7. The van der Waals surface area contributed by atoms with Crippen LogP contribution in [0.4, 0.5) is 11.4 Å². The van der Waals surface area contributed by atoms with Crippen LogP contribution in [0.15, 0.2) is 42.5 Å². The first-order valence-corrected chi connectivity index (χ1v) is 10.1. The lowest BCUT2D eigenvalue weighted by Gasteiger charge is -2.10. The largest absolute Gasteiger partial charge is 0.462 e. The SMILES string of the molecule is CCOC(=O)c1ccc(NC(=O)Cn2nnc(C(=O)Nc3c(C)cccc3C)c2C)cc1. The number of hydrogen-bond acceptors (Lipinski definition) is 6. The van der Waals surface area contributed by atoms with E-state index in [0.29, 0.717) is 23.6 Å². The molecule has 0 aliphatic heterocycles. The summed E-state index contributed by atoms with van der Waals surface area (Å²) in [5.74, 6) is -1.15. The first-order chi connectivity index (χ1) is 15.3. The predicted molar refractivity (Wildman–Crippen MR) is 120 cm³/mol. The summed E-state index contributed by atoms with van der Waals surface area (Å²) < 4.78 is 6.30. The lowest BCUT2D eigenvalue weighted by atomic mass is 10.1. The van der Waals surface area contributed by atoms with E-state index < -0.39 is 5.97 Å². The number of nitrogens with zero attached hydrogens (tertiary/aromatic N) is 3. The van der Waals surface area contributed by atoms with E-state index in [1.54, 1.807) is 38.1 Å². The average Bonchev–Trinajstić information content (AvgIpc) is 3.11. The third kappa shape index (κ3) is 5.18. The topological polar surface area (TPSA) is 115 Å². The van der Waals surface area contributed by atoms with Gasteiger partial charge < -0.3 is 15.4 Å². The standard InChI is InChI=1S/C23H25N5O4/c1-5-32-23(31)17-9-11-18(12-10-17)24-19(29)13-28-16(4)21(26-27-28)22(30)25-20-14(2)7-6-8-15(20)3/h6-12H,5,13H2,1-4H3,(H,24,29)(H,25,30). The molecule has 9 nitrogen and oxygen atoms in total. The van der Waals surface area contributed by atoms with Crippen molar-refractivity contribution < 1.29 is 19.1 Å². The molecule has 0 fully saturated rings. The second-order valence-corrected chi connectivity index (χ2v) is 7.25. The van der Waals surface area contributed by atoms with Crippen molar-refractivity contribution in [1.29, 1.82) is 0 Å². The van der Waals surface area contributed by atoms with E-state index in [4.69, 9.17) is 4.74 Å². The molecular formula is C23H25N5O4. The fourth-order valence-corrected chi connectivity index (χ4v) is 3.15. The van der Waals surface area contributed by atoms with Gasteiger partial charge >= 0.3 is 5.97 Å². The van der Waals surface area contributed by atoms with E-state index in [9.17, 15) is 14.4 Å². The molecule has 0 saturated carbocycles. The quantitative estimate of drug-likeness (QED) is 0.551. The summed E-state index contributed by atoms with van der Waals surface area (Å²) in [5, 5.41) is 13.5. The molecule has 2 aromatic carbocycles. The smallest absolute Gasteiger partial charge is 0.338 e. The summed E-state index contributed by atoms with van der Waals surface area (Å²) in [4.78, 5) is 36.8. The summed E-state index contributed by atoms with van der Waals surface area (Å²) in [6.45, 7) is 7.42. The fourth-order valence-electron chi connectivity index (χ4n) is 3.15. The van der Waals surface area contributed by atoms with E-state index >= 15 is 0 Å². The number of anilines is 2. The van der Waals surface area contributed by atoms with Crippen LogP contribution >= 0.6 is 0 Å². The maximum atomic E-state index is 12.7. The van der Waals surface area contributed by atoms with Gasteiger partial charge in [0.2, 0.25) is 5.91 Å². The van der Waals surface area contributed by atoms with Gasteiger partial charge in [-0.05, 0) is 63.1 Å². The Bertz CT molecular complexity index is 1130. The Kier molecular flexibility index (Phi) is 6.99. The highest BCUT2D eigenvalue weighted by molar-refractivity contribution is 6.04. The Balaban J connectivity index is 1.64. The van der Waals surface area contributed by atoms with Gasteiger partial charge in [-0.15, -0.1) is 5.10 Å². The molecule has 0 spiro atoms. The lowest BCUT2D eigenvalue weighted by Crippen LogP contribution is -2.21. The van der Waals surface area contributed by atoms with Gasteiger partial charge in [0.05, 0.1) is 17.9 Å². The zero-order valence-electron chi connectivity index (χ0n) is 18.4. The zero-order chi connectivity index (χ0) is 23.3. The van der Waals surface area contributed by atoms with Crippen LogP contribution < -0.4 is 10.6 Å². The molecule has 0 atom stereocenters. The number of aryl methyl sites for hydroxylation is 2. The molecule has 0 aliphatic rings. The molecule has 9 heteroatoms. The van der Waals surface area contributed by atoms with Gasteiger partial charge in [0.25, 0.3) is 5.91 Å². The van der Waals surface area contributed by atoms with Crippen molar-refractivity contribution in [2.24, 2.45) is 0 Å². The second-order valence-electron chi connectivity index (χ2n) is 7.25. The molecule has 2 N–H and O–H groups in total. The van der Waals surface area contributed by atoms with Gasteiger partial charge in [0.15, 0.2) is 5.69 Å². The Morgan fingerprint density at radius 1 is 0.969 bits per heavy atom. The van der Waals surface area contributed by atoms with Gasteiger partial charge in [-0.25, -0.2) is 9.48 Å². The van der Waals surface area contributed by atoms with Crippen LogP contribution in [0.1, 0.15) is 44.6 Å². The fraction of sp³-hybridized carbons (Fsp3) is 0.261. The first-order valence-electron chi connectivity index (χ1n) is 10.1. The normalized spacial score (nSPS) is 10.5. The van der Waals surface area contributed by atoms with Gasteiger partial charge in [-0.1, -0.05) is 23.4 Å². The zero-order valence-corrected chi connectivity index (χ0v) is 18.4. The third-order valence-electron chi connectivity index (χ3n) is 4.89. The minimum atomic E-state index is -0.421.